The topological polar surface area (TPSA) is 24.9 Å². The van der Waals surface area contributed by atoms with Crippen molar-refractivity contribution in [3.63, 3.8) is 0 Å². The molecule has 0 aliphatic carbocycles. The third-order valence-corrected chi connectivity index (χ3v) is 3.36. The van der Waals surface area contributed by atoms with Gasteiger partial charge >= 0.3 is 0 Å². The third-order valence-electron chi connectivity index (χ3n) is 2.90. The number of hydrogen-bond donors (Lipinski definition) is 1. The van der Waals surface area contributed by atoms with Gasteiger partial charge in [0.15, 0.2) is 0 Å². The zero-order valence-corrected chi connectivity index (χ0v) is 12.5. The lowest BCUT2D eigenvalue weighted by Crippen LogP contribution is -2.11. The van der Waals surface area contributed by atoms with Crippen molar-refractivity contribution in [1.29, 1.82) is 0 Å². The van der Waals surface area contributed by atoms with Crippen LogP contribution in [0.4, 0.5) is 10.1 Å². The van der Waals surface area contributed by atoms with E-state index < -0.39 is 0 Å². The molecule has 0 saturated carbocycles. The van der Waals surface area contributed by atoms with Crippen LogP contribution >= 0.6 is 15.9 Å². The van der Waals surface area contributed by atoms with Gasteiger partial charge in [0.05, 0.1) is 17.9 Å². The minimum absolute atomic E-state index is 0.0781. The standard InChI is InChI=1S/C15H16BrFN2/c1-3-14(15-5-4-12(17)9-18-15)19-13-7-10(2)6-11(16)8-13/h4-9,14,19H,3H2,1-2H3. The van der Waals surface area contributed by atoms with E-state index in [1.54, 1.807) is 6.07 Å². The number of benzene rings is 1. The normalized spacial score (nSPS) is 12.2. The molecule has 0 fully saturated rings. The molecule has 0 aliphatic heterocycles. The Morgan fingerprint density at radius 3 is 2.68 bits per heavy atom. The van der Waals surface area contributed by atoms with Crippen LogP contribution in [-0.2, 0) is 0 Å². The predicted octanol–water partition coefficient (Wildman–Crippen LogP) is 4.85. The molecule has 0 amide bonds. The van der Waals surface area contributed by atoms with Crippen LogP contribution in [0.5, 0.6) is 0 Å². The molecule has 2 nitrogen and oxygen atoms in total. The highest BCUT2D eigenvalue weighted by molar-refractivity contribution is 9.10. The fourth-order valence-electron chi connectivity index (χ4n) is 2.00. The van der Waals surface area contributed by atoms with E-state index >= 15 is 0 Å². The van der Waals surface area contributed by atoms with E-state index in [1.807, 2.05) is 13.0 Å². The Kier molecular flexibility index (Phi) is 4.53. The van der Waals surface area contributed by atoms with Crippen LogP contribution in [0, 0.1) is 12.7 Å². The molecular weight excluding hydrogens is 307 g/mol. The smallest absolute Gasteiger partial charge is 0.141 e. The molecule has 2 rings (SSSR count). The number of hydrogen-bond acceptors (Lipinski definition) is 2. The summed E-state index contributed by atoms with van der Waals surface area (Å²) in [5.41, 5.74) is 3.06. The second-order valence-electron chi connectivity index (χ2n) is 4.52. The number of pyridine rings is 1. The van der Waals surface area contributed by atoms with E-state index in [0.29, 0.717) is 0 Å². The highest BCUT2D eigenvalue weighted by Gasteiger charge is 2.11. The van der Waals surface area contributed by atoms with Crippen LogP contribution < -0.4 is 5.32 Å². The van der Waals surface area contributed by atoms with E-state index in [1.165, 1.54) is 17.8 Å². The van der Waals surface area contributed by atoms with E-state index in [2.05, 4.69) is 45.3 Å². The lowest BCUT2D eigenvalue weighted by Gasteiger charge is -2.18. The summed E-state index contributed by atoms with van der Waals surface area (Å²) in [6.07, 6.45) is 2.13. The largest absolute Gasteiger partial charge is 0.377 e. The monoisotopic (exact) mass is 322 g/mol. The maximum absolute atomic E-state index is 12.9. The van der Waals surface area contributed by atoms with Gasteiger partial charge in [0.2, 0.25) is 0 Å². The van der Waals surface area contributed by atoms with Crippen LogP contribution in [0.25, 0.3) is 0 Å². The molecule has 1 aromatic heterocycles. The van der Waals surface area contributed by atoms with Gasteiger partial charge in [-0.1, -0.05) is 22.9 Å². The number of rotatable bonds is 4. The summed E-state index contributed by atoms with van der Waals surface area (Å²) in [7, 11) is 0. The van der Waals surface area contributed by atoms with E-state index in [4.69, 9.17) is 0 Å². The maximum Gasteiger partial charge on any atom is 0.141 e. The van der Waals surface area contributed by atoms with Gasteiger partial charge in [0.25, 0.3) is 0 Å². The van der Waals surface area contributed by atoms with Gasteiger partial charge in [0.1, 0.15) is 5.82 Å². The molecule has 2 aromatic rings. The SMILES string of the molecule is CCC(Nc1cc(C)cc(Br)c1)c1ccc(F)cn1. The second-order valence-corrected chi connectivity index (χ2v) is 5.44. The molecule has 0 radical (unpaired) electrons. The average molecular weight is 323 g/mol. The second kappa shape index (κ2) is 6.15. The average Bonchev–Trinajstić information content (AvgIpc) is 2.36. The van der Waals surface area contributed by atoms with Gasteiger partial charge in [-0.3, -0.25) is 4.98 Å². The Labute approximate surface area is 121 Å². The fraction of sp³-hybridized carbons (Fsp3) is 0.267. The van der Waals surface area contributed by atoms with Crippen molar-refractivity contribution in [2.45, 2.75) is 26.3 Å². The molecule has 1 aromatic carbocycles. The Bertz CT molecular complexity index is 534. The molecule has 0 saturated heterocycles. The number of nitrogens with zero attached hydrogens (tertiary/aromatic N) is 1. The molecule has 4 heteroatoms. The Hall–Kier alpha value is -1.42. The Morgan fingerprint density at radius 1 is 1.32 bits per heavy atom. The first kappa shape index (κ1) is 14.0. The quantitative estimate of drug-likeness (QED) is 0.869. The van der Waals surface area contributed by atoms with Crippen molar-refractivity contribution in [1.82, 2.24) is 4.98 Å². The predicted molar refractivity (Wildman–Crippen MR) is 79.7 cm³/mol. The Morgan fingerprint density at radius 2 is 2.11 bits per heavy atom. The molecule has 0 spiro atoms. The molecule has 19 heavy (non-hydrogen) atoms. The number of nitrogens with one attached hydrogen (secondary N) is 1. The summed E-state index contributed by atoms with van der Waals surface area (Å²) >= 11 is 3.49. The zero-order valence-electron chi connectivity index (χ0n) is 11.0. The number of halogens is 2. The van der Waals surface area contributed by atoms with E-state index in [9.17, 15) is 4.39 Å². The Balaban J connectivity index is 2.21. The minimum Gasteiger partial charge on any atom is -0.377 e. The van der Waals surface area contributed by atoms with E-state index in [0.717, 1.165) is 22.3 Å². The number of aromatic nitrogens is 1. The van der Waals surface area contributed by atoms with Gasteiger partial charge in [-0.2, -0.15) is 0 Å². The van der Waals surface area contributed by atoms with Crippen molar-refractivity contribution in [3.05, 3.63) is 58.1 Å². The van der Waals surface area contributed by atoms with Crippen molar-refractivity contribution in [2.75, 3.05) is 5.32 Å². The van der Waals surface area contributed by atoms with E-state index in [-0.39, 0.29) is 11.9 Å². The van der Waals surface area contributed by atoms with Gasteiger partial charge in [-0.25, -0.2) is 4.39 Å². The summed E-state index contributed by atoms with van der Waals surface area (Å²) in [5, 5.41) is 3.43. The van der Waals surface area contributed by atoms with Gasteiger partial charge < -0.3 is 5.32 Å². The maximum atomic E-state index is 12.9. The molecule has 100 valence electrons. The number of aryl methyl sites for hydroxylation is 1. The van der Waals surface area contributed by atoms with Crippen LogP contribution in [-0.4, -0.2) is 4.98 Å². The molecule has 1 heterocycles. The van der Waals surface area contributed by atoms with Crippen molar-refractivity contribution >= 4 is 21.6 Å². The fourth-order valence-corrected chi connectivity index (χ4v) is 2.61. The van der Waals surface area contributed by atoms with Crippen LogP contribution in [0.15, 0.2) is 41.0 Å². The molecule has 1 unspecified atom stereocenters. The molecule has 1 N–H and O–H groups in total. The molecular formula is C15H16BrFN2. The summed E-state index contributed by atoms with van der Waals surface area (Å²) in [4.78, 5) is 4.14. The molecule has 1 atom stereocenters. The first-order chi connectivity index (χ1) is 9.08. The molecule has 0 bridgehead atoms. The summed E-state index contributed by atoms with van der Waals surface area (Å²) in [5.74, 6) is -0.308. The third kappa shape index (κ3) is 3.77. The number of anilines is 1. The van der Waals surface area contributed by atoms with Crippen molar-refractivity contribution < 1.29 is 4.39 Å². The zero-order chi connectivity index (χ0) is 13.8. The van der Waals surface area contributed by atoms with Gasteiger partial charge in [0, 0.05) is 10.2 Å². The van der Waals surface area contributed by atoms with Crippen molar-refractivity contribution in [3.8, 4) is 0 Å². The van der Waals surface area contributed by atoms with Gasteiger partial charge in [-0.05, 0) is 49.2 Å². The van der Waals surface area contributed by atoms with Gasteiger partial charge in [-0.15, -0.1) is 0 Å². The van der Waals surface area contributed by atoms with Crippen LogP contribution in [0.1, 0.15) is 30.6 Å². The van der Waals surface area contributed by atoms with Crippen LogP contribution in [0.2, 0.25) is 0 Å². The lowest BCUT2D eigenvalue weighted by atomic mass is 10.1. The first-order valence-electron chi connectivity index (χ1n) is 6.23. The highest BCUT2D eigenvalue weighted by Crippen LogP contribution is 2.25. The summed E-state index contributed by atoms with van der Waals surface area (Å²) in [6.45, 7) is 4.13. The highest BCUT2D eigenvalue weighted by atomic mass is 79.9. The van der Waals surface area contributed by atoms with Crippen LogP contribution in [0.3, 0.4) is 0 Å². The summed E-state index contributed by atoms with van der Waals surface area (Å²) < 4.78 is 13.9. The first-order valence-corrected chi connectivity index (χ1v) is 7.03. The van der Waals surface area contributed by atoms with Crippen molar-refractivity contribution in [2.24, 2.45) is 0 Å². The summed E-state index contributed by atoms with van der Waals surface area (Å²) in [6, 6.07) is 9.41. The lowest BCUT2D eigenvalue weighted by molar-refractivity contribution is 0.614. The molecule has 0 aliphatic rings. The minimum atomic E-state index is -0.308.